The van der Waals surface area contributed by atoms with Crippen molar-refractivity contribution in [3.05, 3.63) is 24.5 Å². The summed E-state index contributed by atoms with van der Waals surface area (Å²) in [4.78, 5) is 3.90. The molecule has 0 amide bonds. The van der Waals surface area contributed by atoms with Gasteiger partial charge < -0.3 is 10.0 Å². The van der Waals surface area contributed by atoms with Crippen LogP contribution >= 0.6 is 0 Å². The van der Waals surface area contributed by atoms with E-state index in [1.165, 1.54) is 22.8 Å². The lowest BCUT2D eigenvalue weighted by molar-refractivity contribution is 0.383. The number of nitrogens with zero attached hydrogens (tertiary/aromatic N) is 2. The summed E-state index contributed by atoms with van der Waals surface area (Å²) in [5.74, 6) is -0.415. The molecule has 0 bridgehead atoms. The summed E-state index contributed by atoms with van der Waals surface area (Å²) >= 11 is 0. The highest BCUT2D eigenvalue weighted by Gasteiger charge is 2.37. The molecule has 0 saturated carbocycles. The van der Waals surface area contributed by atoms with Crippen LogP contribution in [-0.2, 0) is 10.0 Å². The van der Waals surface area contributed by atoms with Gasteiger partial charge in [0.05, 0.1) is 0 Å². The van der Waals surface area contributed by atoms with E-state index < -0.39 is 23.0 Å². The van der Waals surface area contributed by atoms with Gasteiger partial charge in [0.25, 0.3) is 0 Å². The standard InChI is InChI=1S/C9H13BN2O4S/c13-10(14)8-3-5-12(7-8)17(15,16)9-2-1-4-11-6-9/h1-2,4,6,8,13-14H,3,5,7H2/t8-/m0/s1. The molecular weight excluding hydrogens is 243 g/mol. The molecule has 1 aromatic rings. The van der Waals surface area contributed by atoms with Crippen LogP contribution in [0.3, 0.4) is 0 Å². The maximum Gasteiger partial charge on any atom is 0.456 e. The molecule has 92 valence electrons. The third-order valence-corrected chi connectivity index (χ3v) is 4.73. The van der Waals surface area contributed by atoms with Crippen molar-refractivity contribution in [1.29, 1.82) is 0 Å². The highest BCUT2D eigenvalue weighted by atomic mass is 32.2. The summed E-state index contributed by atoms with van der Waals surface area (Å²) in [5.41, 5.74) is 0. The molecule has 1 atom stereocenters. The van der Waals surface area contributed by atoms with Gasteiger partial charge in [-0.15, -0.1) is 0 Å². The van der Waals surface area contributed by atoms with Crippen molar-refractivity contribution in [2.24, 2.45) is 0 Å². The maximum atomic E-state index is 12.1. The molecule has 1 saturated heterocycles. The topological polar surface area (TPSA) is 90.7 Å². The first kappa shape index (κ1) is 12.5. The second-order valence-electron chi connectivity index (χ2n) is 4.01. The number of aromatic nitrogens is 1. The second kappa shape index (κ2) is 4.73. The van der Waals surface area contributed by atoms with Gasteiger partial charge in [-0.05, 0) is 18.6 Å². The average Bonchev–Trinajstić information content (AvgIpc) is 2.80. The molecule has 1 aliphatic heterocycles. The van der Waals surface area contributed by atoms with E-state index in [4.69, 9.17) is 10.0 Å². The van der Waals surface area contributed by atoms with Crippen LogP contribution in [0.15, 0.2) is 29.4 Å². The first-order chi connectivity index (χ1) is 8.01. The minimum Gasteiger partial charge on any atom is -0.427 e. The fraction of sp³-hybridized carbons (Fsp3) is 0.444. The molecule has 0 aromatic carbocycles. The van der Waals surface area contributed by atoms with Gasteiger partial charge in [-0.2, -0.15) is 4.31 Å². The van der Waals surface area contributed by atoms with E-state index in [1.54, 1.807) is 6.07 Å². The van der Waals surface area contributed by atoms with Crippen molar-refractivity contribution >= 4 is 17.1 Å². The number of sulfonamides is 1. The molecule has 0 unspecified atom stereocenters. The van der Waals surface area contributed by atoms with E-state index in [0.717, 1.165) is 0 Å². The van der Waals surface area contributed by atoms with Gasteiger partial charge in [0.2, 0.25) is 10.0 Å². The number of rotatable bonds is 3. The van der Waals surface area contributed by atoms with E-state index in [0.29, 0.717) is 13.0 Å². The SMILES string of the molecule is O=S(=O)(c1cccnc1)N1CC[C@H](B(O)O)C1. The Morgan fingerprint density at radius 2 is 2.24 bits per heavy atom. The minimum absolute atomic E-state index is 0.132. The third-order valence-electron chi connectivity index (χ3n) is 2.88. The molecule has 2 heterocycles. The van der Waals surface area contributed by atoms with E-state index in [2.05, 4.69) is 4.98 Å². The van der Waals surface area contributed by atoms with Gasteiger partial charge in [-0.1, -0.05) is 0 Å². The quantitative estimate of drug-likeness (QED) is 0.699. The summed E-state index contributed by atoms with van der Waals surface area (Å²) < 4.78 is 25.5. The fourth-order valence-corrected chi connectivity index (χ4v) is 3.34. The summed E-state index contributed by atoms with van der Waals surface area (Å²) in [7, 11) is -5.02. The molecule has 1 aliphatic rings. The predicted octanol–water partition coefficient (Wildman–Crippen LogP) is -0.681. The fourth-order valence-electron chi connectivity index (χ4n) is 1.86. The lowest BCUT2D eigenvalue weighted by Gasteiger charge is -2.16. The highest BCUT2D eigenvalue weighted by Crippen LogP contribution is 2.27. The van der Waals surface area contributed by atoms with E-state index in [9.17, 15) is 8.42 Å². The Morgan fingerprint density at radius 1 is 1.47 bits per heavy atom. The molecule has 0 radical (unpaired) electrons. The van der Waals surface area contributed by atoms with Crippen LogP contribution in [0.25, 0.3) is 0 Å². The van der Waals surface area contributed by atoms with E-state index in [-0.39, 0.29) is 11.4 Å². The highest BCUT2D eigenvalue weighted by molar-refractivity contribution is 7.89. The van der Waals surface area contributed by atoms with Gasteiger partial charge in [0.1, 0.15) is 4.90 Å². The summed E-state index contributed by atoms with van der Waals surface area (Å²) in [6.45, 7) is 0.439. The van der Waals surface area contributed by atoms with Crippen molar-refractivity contribution in [2.45, 2.75) is 17.1 Å². The van der Waals surface area contributed by atoms with Gasteiger partial charge in [0, 0.05) is 31.3 Å². The van der Waals surface area contributed by atoms with Gasteiger partial charge in [-0.3, -0.25) is 4.98 Å². The van der Waals surface area contributed by atoms with Gasteiger partial charge >= 0.3 is 7.12 Å². The molecule has 0 spiro atoms. The Kier molecular flexibility index (Phi) is 3.48. The second-order valence-corrected chi connectivity index (χ2v) is 5.95. The summed E-state index contributed by atoms with van der Waals surface area (Å²) in [6.07, 6.45) is 3.25. The molecule has 1 aromatic heterocycles. The van der Waals surface area contributed by atoms with Crippen LogP contribution in [0, 0.1) is 0 Å². The number of hydrogen-bond acceptors (Lipinski definition) is 5. The Balaban J connectivity index is 2.19. The molecule has 2 rings (SSSR count). The zero-order chi connectivity index (χ0) is 12.5. The Labute approximate surface area is 100 Å². The monoisotopic (exact) mass is 256 g/mol. The molecule has 2 N–H and O–H groups in total. The third kappa shape index (κ3) is 2.49. The largest absolute Gasteiger partial charge is 0.456 e. The molecule has 0 aliphatic carbocycles. The van der Waals surface area contributed by atoms with Crippen molar-refractivity contribution in [2.75, 3.05) is 13.1 Å². The van der Waals surface area contributed by atoms with Crippen LogP contribution in [-0.4, -0.2) is 48.0 Å². The molecule has 6 nitrogen and oxygen atoms in total. The maximum absolute atomic E-state index is 12.1. The molecular formula is C9H13BN2O4S. The normalized spacial score (nSPS) is 21.6. The van der Waals surface area contributed by atoms with E-state index >= 15 is 0 Å². The summed E-state index contributed by atoms with van der Waals surface area (Å²) in [5, 5.41) is 18.1. The molecule has 17 heavy (non-hydrogen) atoms. The van der Waals surface area contributed by atoms with Crippen molar-refractivity contribution < 1.29 is 18.5 Å². The van der Waals surface area contributed by atoms with Crippen LogP contribution in [0.2, 0.25) is 5.82 Å². The van der Waals surface area contributed by atoms with Crippen molar-refractivity contribution in [3.63, 3.8) is 0 Å². The Bertz CT molecular complexity index is 479. The first-order valence-electron chi connectivity index (χ1n) is 5.28. The van der Waals surface area contributed by atoms with Gasteiger partial charge in [-0.25, -0.2) is 8.42 Å². The predicted molar refractivity (Wildman–Crippen MR) is 61.6 cm³/mol. The molecule has 8 heteroatoms. The van der Waals surface area contributed by atoms with Crippen molar-refractivity contribution in [1.82, 2.24) is 9.29 Å². The van der Waals surface area contributed by atoms with Crippen LogP contribution in [0.5, 0.6) is 0 Å². The zero-order valence-electron chi connectivity index (χ0n) is 9.10. The Hall–Kier alpha value is -0.955. The van der Waals surface area contributed by atoms with Crippen LogP contribution in [0.1, 0.15) is 6.42 Å². The van der Waals surface area contributed by atoms with E-state index in [1.807, 2.05) is 0 Å². The first-order valence-corrected chi connectivity index (χ1v) is 6.72. The van der Waals surface area contributed by atoms with Crippen molar-refractivity contribution in [3.8, 4) is 0 Å². The molecule has 1 fully saturated rings. The Morgan fingerprint density at radius 3 is 2.76 bits per heavy atom. The zero-order valence-corrected chi connectivity index (χ0v) is 9.92. The lowest BCUT2D eigenvalue weighted by Crippen LogP contribution is -2.30. The summed E-state index contributed by atoms with van der Waals surface area (Å²) in [6, 6.07) is 3.03. The van der Waals surface area contributed by atoms with Gasteiger partial charge in [0.15, 0.2) is 0 Å². The van der Waals surface area contributed by atoms with Crippen LogP contribution in [0.4, 0.5) is 0 Å². The number of hydrogen-bond donors (Lipinski definition) is 2. The average molecular weight is 256 g/mol. The number of pyridine rings is 1. The lowest BCUT2D eigenvalue weighted by atomic mass is 9.72. The minimum atomic E-state index is -3.56. The van der Waals surface area contributed by atoms with Crippen LogP contribution < -0.4 is 0 Å². The smallest absolute Gasteiger partial charge is 0.427 e.